The quantitative estimate of drug-likeness (QED) is 0.898. The van der Waals surface area contributed by atoms with Crippen LogP contribution in [0.4, 0.5) is 0 Å². The number of rotatable bonds is 5. The summed E-state index contributed by atoms with van der Waals surface area (Å²) in [5.41, 5.74) is 8.99. The van der Waals surface area contributed by atoms with Crippen LogP contribution in [0.3, 0.4) is 0 Å². The van der Waals surface area contributed by atoms with Gasteiger partial charge in [0, 0.05) is 24.1 Å². The number of hydrogen-bond acceptors (Lipinski definition) is 3. The summed E-state index contributed by atoms with van der Waals surface area (Å²) in [6.07, 6.45) is 6.38. The van der Waals surface area contributed by atoms with Crippen molar-refractivity contribution in [1.29, 1.82) is 0 Å². The Morgan fingerprint density at radius 3 is 2.45 bits per heavy atom. The van der Waals surface area contributed by atoms with E-state index in [4.69, 9.17) is 10.5 Å². The van der Waals surface area contributed by atoms with Crippen LogP contribution in [-0.4, -0.2) is 32.6 Å². The molecule has 0 radical (unpaired) electrons. The minimum Gasteiger partial charge on any atom is -0.496 e. The summed E-state index contributed by atoms with van der Waals surface area (Å²) in [7, 11) is 5.92. The van der Waals surface area contributed by atoms with E-state index in [9.17, 15) is 0 Å². The van der Waals surface area contributed by atoms with E-state index in [0.717, 1.165) is 18.8 Å². The maximum atomic E-state index is 6.15. The van der Waals surface area contributed by atoms with E-state index in [0.29, 0.717) is 0 Å². The molecule has 0 bridgehead atoms. The minimum absolute atomic E-state index is 0.186. The van der Waals surface area contributed by atoms with Crippen molar-refractivity contribution in [2.45, 2.75) is 44.1 Å². The molecule has 0 heterocycles. The molecule has 0 spiro atoms. The molecule has 2 N–H and O–H groups in total. The molecule has 3 nitrogen and oxygen atoms in total. The van der Waals surface area contributed by atoms with E-state index in [1.54, 1.807) is 7.11 Å². The second-order valence-electron chi connectivity index (χ2n) is 6.31. The molecule has 1 aromatic rings. The fourth-order valence-corrected chi connectivity index (χ4v) is 3.41. The SMILES string of the molecule is COc1ccc(C2(CN)CCCCC2)cc1CN(C)C. The van der Waals surface area contributed by atoms with Crippen molar-refractivity contribution in [1.82, 2.24) is 4.90 Å². The molecule has 0 unspecified atom stereocenters. The first-order chi connectivity index (χ1) is 9.61. The highest BCUT2D eigenvalue weighted by Crippen LogP contribution is 2.40. The molecule has 0 atom stereocenters. The number of nitrogens with two attached hydrogens (primary N) is 1. The van der Waals surface area contributed by atoms with Crippen molar-refractivity contribution >= 4 is 0 Å². The highest BCUT2D eigenvalue weighted by atomic mass is 16.5. The third-order valence-corrected chi connectivity index (χ3v) is 4.58. The van der Waals surface area contributed by atoms with Gasteiger partial charge in [-0.2, -0.15) is 0 Å². The lowest BCUT2D eigenvalue weighted by Crippen LogP contribution is -2.37. The summed E-state index contributed by atoms with van der Waals surface area (Å²) in [6, 6.07) is 6.65. The van der Waals surface area contributed by atoms with Gasteiger partial charge >= 0.3 is 0 Å². The Kier molecular flexibility index (Phi) is 5.06. The Bertz CT molecular complexity index is 437. The minimum atomic E-state index is 0.186. The molecule has 0 saturated heterocycles. The average molecular weight is 276 g/mol. The van der Waals surface area contributed by atoms with E-state index in [2.05, 4.69) is 37.2 Å². The van der Waals surface area contributed by atoms with Crippen LogP contribution in [0.2, 0.25) is 0 Å². The smallest absolute Gasteiger partial charge is 0.123 e. The summed E-state index contributed by atoms with van der Waals surface area (Å²) in [5.74, 6) is 0.977. The molecule has 0 aromatic heterocycles. The topological polar surface area (TPSA) is 38.5 Å². The first kappa shape index (κ1) is 15.3. The Labute approximate surface area is 123 Å². The highest BCUT2D eigenvalue weighted by molar-refractivity contribution is 5.40. The van der Waals surface area contributed by atoms with Crippen molar-refractivity contribution in [3.8, 4) is 5.75 Å². The van der Waals surface area contributed by atoms with Gasteiger partial charge in [0.05, 0.1) is 7.11 Å². The maximum Gasteiger partial charge on any atom is 0.123 e. The molecule has 3 heteroatoms. The van der Waals surface area contributed by atoms with Crippen molar-refractivity contribution in [3.05, 3.63) is 29.3 Å². The summed E-state index contributed by atoms with van der Waals surface area (Å²) in [4.78, 5) is 2.18. The number of ether oxygens (including phenoxy) is 1. The fraction of sp³-hybridized carbons (Fsp3) is 0.647. The van der Waals surface area contributed by atoms with Crippen LogP contribution in [-0.2, 0) is 12.0 Å². The van der Waals surface area contributed by atoms with Gasteiger partial charge in [-0.15, -0.1) is 0 Å². The third kappa shape index (κ3) is 3.15. The van der Waals surface area contributed by atoms with Crippen LogP contribution in [0.15, 0.2) is 18.2 Å². The van der Waals surface area contributed by atoms with Gasteiger partial charge in [-0.3, -0.25) is 0 Å². The van der Waals surface area contributed by atoms with E-state index < -0.39 is 0 Å². The lowest BCUT2D eigenvalue weighted by Gasteiger charge is -2.37. The Morgan fingerprint density at radius 2 is 1.90 bits per heavy atom. The number of hydrogen-bond donors (Lipinski definition) is 1. The van der Waals surface area contributed by atoms with Crippen LogP contribution in [0.1, 0.15) is 43.2 Å². The Hall–Kier alpha value is -1.06. The second kappa shape index (κ2) is 6.59. The van der Waals surface area contributed by atoms with Crippen molar-refractivity contribution in [3.63, 3.8) is 0 Å². The van der Waals surface area contributed by atoms with Gasteiger partial charge in [-0.1, -0.05) is 31.4 Å². The number of methoxy groups -OCH3 is 1. The van der Waals surface area contributed by atoms with Gasteiger partial charge < -0.3 is 15.4 Å². The molecule has 0 amide bonds. The predicted octanol–water partition coefficient (Wildman–Crippen LogP) is 2.92. The molecule has 1 aromatic carbocycles. The Morgan fingerprint density at radius 1 is 1.20 bits per heavy atom. The fourth-order valence-electron chi connectivity index (χ4n) is 3.41. The molecule has 1 fully saturated rings. The zero-order valence-electron chi connectivity index (χ0n) is 13.1. The van der Waals surface area contributed by atoms with Crippen molar-refractivity contribution in [2.75, 3.05) is 27.7 Å². The van der Waals surface area contributed by atoms with Crippen molar-refractivity contribution in [2.24, 2.45) is 5.73 Å². The standard InChI is InChI=1S/C17H28N2O/c1-19(2)12-14-11-15(7-8-16(14)20-3)17(13-18)9-5-4-6-10-17/h7-8,11H,4-6,9-10,12-13,18H2,1-3H3. The molecular formula is C17H28N2O. The van der Waals surface area contributed by atoms with Gasteiger partial charge in [0.15, 0.2) is 0 Å². The lowest BCUT2D eigenvalue weighted by atomic mass is 9.69. The van der Waals surface area contributed by atoms with Gasteiger partial charge in [0.25, 0.3) is 0 Å². The van der Waals surface area contributed by atoms with E-state index in [1.165, 1.54) is 43.2 Å². The first-order valence-corrected chi connectivity index (χ1v) is 7.63. The van der Waals surface area contributed by atoms with Crippen LogP contribution in [0.5, 0.6) is 5.75 Å². The zero-order valence-corrected chi connectivity index (χ0v) is 13.1. The van der Waals surface area contributed by atoms with Crippen molar-refractivity contribution < 1.29 is 4.74 Å². The van der Waals surface area contributed by atoms with Gasteiger partial charge in [-0.05, 0) is 38.6 Å². The van der Waals surface area contributed by atoms with Gasteiger partial charge in [0.2, 0.25) is 0 Å². The zero-order chi connectivity index (χ0) is 14.6. The van der Waals surface area contributed by atoms with Crippen LogP contribution >= 0.6 is 0 Å². The second-order valence-corrected chi connectivity index (χ2v) is 6.31. The van der Waals surface area contributed by atoms with Gasteiger partial charge in [0.1, 0.15) is 5.75 Å². The third-order valence-electron chi connectivity index (χ3n) is 4.58. The Balaban J connectivity index is 2.35. The maximum absolute atomic E-state index is 6.15. The van der Waals surface area contributed by atoms with Crippen LogP contribution in [0, 0.1) is 0 Å². The van der Waals surface area contributed by atoms with E-state index in [1.807, 2.05) is 0 Å². The molecule has 0 aliphatic heterocycles. The lowest BCUT2D eigenvalue weighted by molar-refractivity contribution is 0.299. The highest BCUT2D eigenvalue weighted by Gasteiger charge is 2.32. The molecule has 1 aliphatic rings. The summed E-state index contributed by atoms with van der Waals surface area (Å²) < 4.78 is 5.50. The monoisotopic (exact) mass is 276 g/mol. The summed E-state index contributed by atoms with van der Waals surface area (Å²) in [6.45, 7) is 1.65. The average Bonchev–Trinajstić information content (AvgIpc) is 2.47. The summed E-state index contributed by atoms with van der Waals surface area (Å²) in [5, 5.41) is 0. The molecule has 2 rings (SSSR count). The number of benzene rings is 1. The van der Waals surface area contributed by atoms with Gasteiger partial charge in [-0.25, -0.2) is 0 Å². The molecule has 112 valence electrons. The molecule has 1 aliphatic carbocycles. The normalized spacial score (nSPS) is 18.2. The van der Waals surface area contributed by atoms with E-state index in [-0.39, 0.29) is 5.41 Å². The van der Waals surface area contributed by atoms with E-state index >= 15 is 0 Å². The summed E-state index contributed by atoms with van der Waals surface area (Å²) >= 11 is 0. The van der Waals surface area contributed by atoms with Crippen LogP contribution < -0.4 is 10.5 Å². The molecule has 1 saturated carbocycles. The number of nitrogens with zero attached hydrogens (tertiary/aromatic N) is 1. The van der Waals surface area contributed by atoms with Crippen LogP contribution in [0.25, 0.3) is 0 Å². The first-order valence-electron chi connectivity index (χ1n) is 7.63. The largest absolute Gasteiger partial charge is 0.496 e. The molecule has 20 heavy (non-hydrogen) atoms. The molecular weight excluding hydrogens is 248 g/mol. The predicted molar refractivity (Wildman–Crippen MR) is 84.2 cm³/mol.